The molecule has 0 amide bonds. The number of nitrogens with zero attached hydrogens (tertiary/aromatic N) is 1. The summed E-state index contributed by atoms with van der Waals surface area (Å²) < 4.78 is 57.5. The van der Waals surface area contributed by atoms with E-state index >= 15 is 0 Å². The normalized spacial score (nSPS) is 13.6. The summed E-state index contributed by atoms with van der Waals surface area (Å²) >= 11 is 0. The van der Waals surface area contributed by atoms with Crippen LogP contribution in [-0.2, 0) is 20.7 Å². The molecular formula is C3H6F3NO2S2. The van der Waals surface area contributed by atoms with Crippen LogP contribution in [0.15, 0.2) is 3.77 Å². The molecule has 0 aliphatic rings. The van der Waals surface area contributed by atoms with Crippen molar-refractivity contribution in [2.24, 2.45) is 3.77 Å². The molecule has 8 heteroatoms. The predicted octanol–water partition coefficient (Wildman–Crippen LogP) is 0.898. The molecule has 0 unspecified atom stereocenters. The van der Waals surface area contributed by atoms with Crippen LogP contribution in [0.4, 0.5) is 13.2 Å². The van der Waals surface area contributed by atoms with Crippen molar-refractivity contribution in [1.29, 1.82) is 0 Å². The van der Waals surface area contributed by atoms with E-state index in [1.165, 1.54) is 12.5 Å². The summed E-state index contributed by atoms with van der Waals surface area (Å²) in [6.07, 6.45) is 2.56. The highest BCUT2D eigenvalue weighted by Gasteiger charge is 2.45. The first-order chi connectivity index (χ1) is 4.67. The first kappa shape index (κ1) is 10.9. The molecular weight excluding hydrogens is 203 g/mol. The molecule has 0 spiro atoms. The molecule has 11 heavy (non-hydrogen) atoms. The Bertz CT molecular complexity index is 261. The minimum Gasteiger partial charge on any atom is -0.194 e. The predicted molar refractivity (Wildman–Crippen MR) is 36.6 cm³/mol. The van der Waals surface area contributed by atoms with Crippen molar-refractivity contribution in [1.82, 2.24) is 0 Å². The van der Waals surface area contributed by atoms with E-state index in [2.05, 4.69) is 3.77 Å². The largest absolute Gasteiger partial charge is 0.519 e. The van der Waals surface area contributed by atoms with E-state index in [9.17, 15) is 21.6 Å². The van der Waals surface area contributed by atoms with Crippen LogP contribution < -0.4 is 0 Å². The number of sulfonamides is 1. The van der Waals surface area contributed by atoms with Gasteiger partial charge >= 0.3 is 15.5 Å². The monoisotopic (exact) mass is 209 g/mol. The summed E-state index contributed by atoms with van der Waals surface area (Å²) in [7, 11) is -6.37. The lowest BCUT2D eigenvalue weighted by molar-refractivity contribution is -0.0434. The highest BCUT2D eigenvalue weighted by atomic mass is 32.3. The fourth-order valence-corrected chi connectivity index (χ4v) is 2.15. The van der Waals surface area contributed by atoms with Crippen LogP contribution >= 0.6 is 0 Å². The molecule has 0 radical (unpaired) electrons. The zero-order valence-corrected chi connectivity index (χ0v) is 7.35. The fraction of sp³-hybridized carbons (Fsp3) is 1.00. The van der Waals surface area contributed by atoms with Crippen LogP contribution in [0.25, 0.3) is 0 Å². The van der Waals surface area contributed by atoms with Crippen molar-refractivity contribution in [2.45, 2.75) is 5.51 Å². The molecule has 0 aliphatic heterocycles. The maximum Gasteiger partial charge on any atom is 0.519 e. The van der Waals surface area contributed by atoms with Crippen molar-refractivity contribution in [2.75, 3.05) is 12.5 Å². The van der Waals surface area contributed by atoms with Gasteiger partial charge in [-0.2, -0.15) is 21.6 Å². The molecule has 0 fully saturated rings. The number of rotatable bonds is 1. The first-order valence-corrected chi connectivity index (χ1v) is 5.72. The van der Waals surface area contributed by atoms with Crippen molar-refractivity contribution < 1.29 is 21.6 Å². The first-order valence-electron chi connectivity index (χ1n) is 2.29. The summed E-state index contributed by atoms with van der Waals surface area (Å²) in [6.45, 7) is 0. The Hall–Kier alpha value is -0.110. The second-order valence-electron chi connectivity index (χ2n) is 1.77. The van der Waals surface area contributed by atoms with Gasteiger partial charge in [-0.1, -0.05) is 10.7 Å². The topological polar surface area (TPSA) is 46.5 Å². The van der Waals surface area contributed by atoms with Gasteiger partial charge in [-0.3, -0.25) is 0 Å². The summed E-state index contributed by atoms with van der Waals surface area (Å²) in [6, 6.07) is 0. The third-order valence-corrected chi connectivity index (χ3v) is 3.10. The summed E-state index contributed by atoms with van der Waals surface area (Å²) in [5.41, 5.74) is -5.26. The van der Waals surface area contributed by atoms with Gasteiger partial charge in [0.25, 0.3) is 0 Å². The third-order valence-electron chi connectivity index (χ3n) is 0.540. The molecule has 0 bridgehead atoms. The lowest BCUT2D eigenvalue weighted by Crippen LogP contribution is -2.21. The smallest absolute Gasteiger partial charge is 0.194 e. The van der Waals surface area contributed by atoms with Crippen LogP contribution in [0.1, 0.15) is 0 Å². The lowest BCUT2D eigenvalue weighted by atomic mass is 11.6. The molecule has 0 N–H and O–H groups in total. The van der Waals surface area contributed by atoms with Crippen LogP contribution in [0, 0.1) is 0 Å². The van der Waals surface area contributed by atoms with Gasteiger partial charge in [0.15, 0.2) is 0 Å². The van der Waals surface area contributed by atoms with Crippen LogP contribution in [0.3, 0.4) is 0 Å². The van der Waals surface area contributed by atoms with Crippen LogP contribution in [0.5, 0.6) is 0 Å². The number of alkyl halides is 3. The van der Waals surface area contributed by atoms with Gasteiger partial charge in [0, 0.05) is 0 Å². The van der Waals surface area contributed by atoms with Crippen molar-refractivity contribution in [3.8, 4) is 0 Å². The SMILES string of the molecule is CS(C)=NS(=O)(=O)C(F)(F)F. The zero-order chi connectivity index (χ0) is 9.28. The zero-order valence-electron chi connectivity index (χ0n) is 5.71. The molecule has 0 aromatic heterocycles. The maximum atomic E-state index is 11.5. The average Bonchev–Trinajstić information content (AvgIpc) is 1.56. The highest BCUT2D eigenvalue weighted by Crippen LogP contribution is 2.24. The minimum absolute atomic E-state index is 1.11. The van der Waals surface area contributed by atoms with Gasteiger partial charge in [0.2, 0.25) is 0 Å². The number of halogens is 3. The molecule has 0 saturated carbocycles. The van der Waals surface area contributed by atoms with Gasteiger partial charge in [-0.15, -0.1) is 3.77 Å². The molecule has 0 aromatic carbocycles. The molecule has 0 saturated heterocycles. The highest BCUT2D eigenvalue weighted by molar-refractivity contribution is 8.00. The molecule has 0 atom stereocenters. The molecule has 3 nitrogen and oxygen atoms in total. The van der Waals surface area contributed by atoms with E-state index in [4.69, 9.17) is 0 Å². The fourth-order valence-electron chi connectivity index (χ4n) is 0.239. The van der Waals surface area contributed by atoms with Gasteiger partial charge in [-0.25, -0.2) is 0 Å². The Morgan fingerprint density at radius 1 is 1.27 bits per heavy atom. The summed E-state index contributed by atoms with van der Waals surface area (Å²) in [4.78, 5) is 0. The molecule has 0 aliphatic carbocycles. The van der Waals surface area contributed by atoms with E-state index in [1.807, 2.05) is 0 Å². The molecule has 0 aromatic rings. The Kier molecular flexibility index (Phi) is 3.06. The summed E-state index contributed by atoms with van der Waals surface area (Å²) in [5, 5.41) is 0. The van der Waals surface area contributed by atoms with E-state index in [0.717, 1.165) is 0 Å². The Labute approximate surface area is 64.8 Å². The van der Waals surface area contributed by atoms with Gasteiger partial charge in [0.05, 0.1) is 0 Å². The van der Waals surface area contributed by atoms with Crippen molar-refractivity contribution in [3.63, 3.8) is 0 Å². The van der Waals surface area contributed by atoms with Gasteiger partial charge < -0.3 is 0 Å². The number of hydrogen-bond acceptors (Lipinski definition) is 2. The Morgan fingerprint density at radius 3 is 1.73 bits per heavy atom. The van der Waals surface area contributed by atoms with Crippen molar-refractivity contribution >= 4 is 20.7 Å². The van der Waals surface area contributed by atoms with E-state index in [-0.39, 0.29) is 0 Å². The van der Waals surface area contributed by atoms with Crippen molar-refractivity contribution in [3.05, 3.63) is 0 Å². The van der Waals surface area contributed by atoms with E-state index in [0.29, 0.717) is 0 Å². The van der Waals surface area contributed by atoms with E-state index < -0.39 is 26.2 Å². The number of hydrogen-bond donors (Lipinski definition) is 0. The summed E-state index contributed by atoms with van der Waals surface area (Å²) in [5.74, 6) is 0. The molecule has 68 valence electrons. The lowest BCUT2D eigenvalue weighted by Gasteiger charge is -2.02. The second kappa shape index (κ2) is 3.10. The van der Waals surface area contributed by atoms with Crippen LogP contribution in [-0.4, -0.2) is 26.4 Å². The van der Waals surface area contributed by atoms with E-state index in [1.54, 1.807) is 0 Å². The third kappa shape index (κ3) is 3.19. The second-order valence-corrected chi connectivity index (χ2v) is 5.32. The standard InChI is InChI=1S/C3H6F3NO2S2/c1-10(2)7-11(8,9)3(4,5)6/h1-2H3. The molecule has 0 heterocycles. The van der Waals surface area contributed by atoms with Crippen LogP contribution in [0.2, 0.25) is 0 Å². The quantitative estimate of drug-likeness (QED) is 0.644. The minimum atomic E-state index is -5.26. The Morgan fingerprint density at radius 2 is 1.64 bits per heavy atom. The Balaban J connectivity index is 4.95. The maximum absolute atomic E-state index is 11.5. The average molecular weight is 209 g/mol. The molecule has 0 rings (SSSR count). The van der Waals surface area contributed by atoms with Gasteiger partial charge in [0.1, 0.15) is 0 Å². The van der Waals surface area contributed by atoms with Gasteiger partial charge in [-0.05, 0) is 12.5 Å².